The van der Waals surface area contributed by atoms with E-state index in [1.54, 1.807) is 0 Å². The number of hydrogen-bond acceptors (Lipinski definition) is 4. The number of nitro groups is 1. The summed E-state index contributed by atoms with van der Waals surface area (Å²) >= 11 is 11.7. The van der Waals surface area contributed by atoms with E-state index >= 15 is 0 Å². The summed E-state index contributed by atoms with van der Waals surface area (Å²) in [6.45, 7) is 0.0572. The van der Waals surface area contributed by atoms with Crippen LogP contribution in [-0.4, -0.2) is 15.9 Å². The molecule has 1 amide bonds. The number of hydrogen-bond donors (Lipinski definition) is 2. The van der Waals surface area contributed by atoms with Crippen molar-refractivity contribution in [2.75, 3.05) is 0 Å². The van der Waals surface area contributed by atoms with Gasteiger partial charge in [-0.1, -0.05) is 23.2 Å². The fourth-order valence-corrected chi connectivity index (χ4v) is 2.17. The number of nitrogens with one attached hydrogen (secondary N) is 1. The number of amides is 1. The van der Waals surface area contributed by atoms with Crippen molar-refractivity contribution >= 4 is 34.8 Å². The number of non-ortho nitro benzene ring substituents is 1. The van der Waals surface area contributed by atoms with Crippen molar-refractivity contribution < 1.29 is 14.8 Å². The summed E-state index contributed by atoms with van der Waals surface area (Å²) in [5.74, 6) is -0.730. The van der Waals surface area contributed by atoms with Gasteiger partial charge in [-0.15, -0.1) is 0 Å². The number of aromatic hydroxyl groups is 1. The molecular weight excluding hydrogens is 331 g/mol. The molecule has 0 fully saturated rings. The largest absolute Gasteiger partial charge is 0.507 e. The minimum absolute atomic E-state index is 0.0329. The molecule has 22 heavy (non-hydrogen) atoms. The average molecular weight is 341 g/mol. The van der Waals surface area contributed by atoms with E-state index in [9.17, 15) is 20.0 Å². The molecule has 0 unspecified atom stereocenters. The first kappa shape index (κ1) is 16.1. The predicted molar refractivity (Wildman–Crippen MR) is 82.4 cm³/mol. The second-order valence-electron chi connectivity index (χ2n) is 4.38. The maximum absolute atomic E-state index is 12.0. The molecule has 6 nitrogen and oxygen atoms in total. The van der Waals surface area contributed by atoms with Crippen LogP contribution in [0, 0.1) is 10.1 Å². The van der Waals surface area contributed by atoms with Gasteiger partial charge in [0, 0.05) is 23.7 Å². The Bertz CT molecular complexity index is 750. The highest BCUT2D eigenvalue weighted by atomic mass is 35.5. The van der Waals surface area contributed by atoms with E-state index in [0.717, 1.165) is 0 Å². The SMILES string of the molecule is O=C(NCc1ccc([N+](=O)[O-])cc1Cl)c1cc(Cl)ccc1O. The Morgan fingerprint density at radius 3 is 2.59 bits per heavy atom. The highest BCUT2D eigenvalue weighted by molar-refractivity contribution is 6.31. The summed E-state index contributed by atoms with van der Waals surface area (Å²) in [5.41, 5.74) is 0.417. The lowest BCUT2D eigenvalue weighted by Crippen LogP contribution is -2.23. The molecule has 0 saturated carbocycles. The minimum Gasteiger partial charge on any atom is -0.507 e. The third kappa shape index (κ3) is 3.66. The summed E-state index contributed by atoms with van der Waals surface area (Å²) < 4.78 is 0. The molecule has 0 spiro atoms. The van der Waals surface area contributed by atoms with Gasteiger partial charge in [0.1, 0.15) is 5.75 Å². The van der Waals surface area contributed by atoms with Gasteiger partial charge in [0.2, 0.25) is 0 Å². The second kappa shape index (κ2) is 6.64. The summed E-state index contributed by atoms with van der Waals surface area (Å²) in [4.78, 5) is 22.1. The zero-order valence-electron chi connectivity index (χ0n) is 11.0. The van der Waals surface area contributed by atoms with Crippen molar-refractivity contribution in [3.63, 3.8) is 0 Å². The molecule has 0 atom stereocenters. The Morgan fingerprint density at radius 2 is 1.95 bits per heavy atom. The van der Waals surface area contributed by atoms with Crippen LogP contribution in [0.5, 0.6) is 5.75 Å². The van der Waals surface area contributed by atoms with Gasteiger partial charge in [0.15, 0.2) is 0 Å². The van der Waals surface area contributed by atoms with E-state index in [4.69, 9.17) is 23.2 Å². The molecule has 0 aliphatic carbocycles. The molecule has 0 radical (unpaired) electrons. The van der Waals surface area contributed by atoms with E-state index in [-0.39, 0.29) is 28.6 Å². The molecule has 2 N–H and O–H groups in total. The first-order valence-electron chi connectivity index (χ1n) is 6.08. The number of phenols is 1. The first-order valence-corrected chi connectivity index (χ1v) is 6.83. The van der Waals surface area contributed by atoms with Gasteiger partial charge in [-0.05, 0) is 29.8 Å². The molecule has 2 aromatic rings. The molecule has 0 bridgehead atoms. The molecule has 2 aromatic carbocycles. The van der Waals surface area contributed by atoms with Gasteiger partial charge in [-0.25, -0.2) is 0 Å². The summed E-state index contributed by atoms with van der Waals surface area (Å²) in [6, 6.07) is 8.07. The predicted octanol–water partition coefficient (Wildman–Crippen LogP) is 3.54. The fourth-order valence-electron chi connectivity index (χ4n) is 1.75. The summed E-state index contributed by atoms with van der Waals surface area (Å²) in [5, 5.41) is 23.3. The number of rotatable bonds is 4. The van der Waals surface area contributed by atoms with E-state index in [1.807, 2.05) is 0 Å². The average Bonchev–Trinajstić information content (AvgIpc) is 2.48. The Labute approximate surface area is 135 Å². The summed E-state index contributed by atoms with van der Waals surface area (Å²) in [7, 11) is 0. The Hall–Kier alpha value is -2.31. The van der Waals surface area contributed by atoms with Crippen molar-refractivity contribution in [3.05, 3.63) is 67.7 Å². The van der Waals surface area contributed by atoms with Crippen molar-refractivity contribution in [2.45, 2.75) is 6.54 Å². The highest BCUT2D eigenvalue weighted by Crippen LogP contribution is 2.24. The molecule has 114 valence electrons. The monoisotopic (exact) mass is 340 g/mol. The third-order valence-corrected chi connectivity index (χ3v) is 3.48. The van der Waals surface area contributed by atoms with E-state index in [2.05, 4.69) is 5.32 Å². The van der Waals surface area contributed by atoms with E-state index in [1.165, 1.54) is 36.4 Å². The lowest BCUT2D eigenvalue weighted by Gasteiger charge is -2.08. The van der Waals surface area contributed by atoms with Crippen LogP contribution in [0.3, 0.4) is 0 Å². The molecule has 0 aliphatic heterocycles. The lowest BCUT2D eigenvalue weighted by molar-refractivity contribution is -0.384. The maximum Gasteiger partial charge on any atom is 0.270 e. The van der Waals surface area contributed by atoms with Gasteiger partial charge < -0.3 is 10.4 Å². The number of carbonyl (C=O) groups is 1. The van der Waals surface area contributed by atoms with Crippen LogP contribution in [0.15, 0.2) is 36.4 Å². The number of carbonyl (C=O) groups excluding carboxylic acids is 1. The number of nitro benzene ring substituents is 1. The van der Waals surface area contributed by atoms with Gasteiger partial charge in [-0.2, -0.15) is 0 Å². The van der Waals surface area contributed by atoms with E-state index in [0.29, 0.717) is 10.6 Å². The molecule has 0 saturated heterocycles. The molecule has 2 rings (SSSR count). The zero-order valence-corrected chi connectivity index (χ0v) is 12.6. The lowest BCUT2D eigenvalue weighted by atomic mass is 10.1. The van der Waals surface area contributed by atoms with Crippen LogP contribution in [0.2, 0.25) is 10.0 Å². The zero-order chi connectivity index (χ0) is 16.3. The number of halogens is 2. The first-order chi connectivity index (χ1) is 10.4. The van der Waals surface area contributed by atoms with Crippen LogP contribution in [-0.2, 0) is 6.54 Å². The summed E-state index contributed by atoms with van der Waals surface area (Å²) in [6.07, 6.45) is 0. The van der Waals surface area contributed by atoms with Crippen LogP contribution in [0.25, 0.3) is 0 Å². The number of benzene rings is 2. The molecule has 0 aliphatic rings. The highest BCUT2D eigenvalue weighted by Gasteiger charge is 2.13. The Balaban J connectivity index is 2.11. The molecule has 8 heteroatoms. The smallest absolute Gasteiger partial charge is 0.270 e. The van der Waals surface area contributed by atoms with Crippen LogP contribution < -0.4 is 5.32 Å². The molecular formula is C14H10Cl2N2O4. The second-order valence-corrected chi connectivity index (χ2v) is 5.22. The van der Waals surface area contributed by atoms with Gasteiger partial charge >= 0.3 is 0 Å². The topological polar surface area (TPSA) is 92.5 Å². The van der Waals surface area contributed by atoms with Crippen molar-refractivity contribution in [3.8, 4) is 5.75 Å². The van der Waals surface area contributed by atoms with Gasteiger partial charge in [-0.3, -0.25) is 14.9 Å². The third-order valence-electron chi connectivity index (χ3n) is 2.89. The van der Waals surface area contributed by atoms with Gasteiger partial charge in [0.25, 0.3) is 11.6 Å². The van der Waals surface area contributed by atoms with Crippen molar-refractivity contribution in [1.29, 1.82) is 0 Å². The van der Waals surface area contributed by atoms with Crippen LogP contribution in [0.4, 0.5) is 5.69 Å². The Morgan fingerprint density at radius 1 is 1.23 bits per heavy atom. The van der Waals surface area contributed by atoms with Gasteiger partial charge in [0.05, 0.1) is 15.5 Å². The number of phenolic OH excluding ortho intramolecular Hbond substituents is 1. The Kier molecular flexibility index (Phi) is 4.85. The molecule has 0 aromatic heterocycles. The van der Waals surface area contributed by atoms with E-state index < -0.39 is 10.8 Å². The van der Waals surface area contributed by atoms with Crippen LogP contribution in [0.1, 0.15) is 15.9 Å². The normalized spacial score (nSPS) is 10.3. The fraction of sp³-hybridized carbons (Fsp3) is 0.0714. The number of nitrogens with zero attached hydrogens (tertiary/aromatic N) is 1. The maximum atomic E-state index is 12.0. The quantitative estimate of drug-likeness (QED) is 0.657. The van der Waals surface area contributed by atoms with Crippen molar-refractivity contribution in [1.82, 2.24) is 5.32 Å². The minimum atomic E-state index is -0.557. The van der Waals surface area contributed by atoms with Crippen LogP contribution >= 0.6 is 23.2 Å². The van der Waals surface area contributed by atoms with Crippen molar-refractivity contribution in [2.24, 2.45) is 0 Å². The molecule has 0 heterocycles. The standard InChI is InChI=1S/C14H10Cl2N2O4/c15-9-2-4-13(19)11(5-9)14(20)17-7-8-1-3-10(18(21)22)6-12(8)16/h1-6,19H,7H2,(H,17,20).